The third-order valence-electron chi connectivity index (χ3n) is 3.99. The van der Waals surface area contributed by atoms with Gasteiger partial charge >= 0.3 is 0 Å². The van der Waals surface area contributed by atoms with E-state index in [0.29, 0.717) is 23.9 Å². The van der Waals surface area contributed by atoms with Gasteiger partial charge in [0.15, 0.2) is 5.82 Å². The largest absolute Gasteiger partial charge is 0.366 e. The number of nitrogens with one attached hydrogen (secondary N) is 2. The fourth-order valence-electron chi connectivity index (χ4n) is 2.51. The number of nitrogens with zero attached hydrogens (tertiary/aromatic N) is 3. The van der Waals surface area contributed by atoms with Crippen LogP contribution in [0.4, 0.5) is 5.82 Å². The van der Waals surface area contributed by atoms with Gasteiger partial charge in [-0.15, -0.1) is 0 Å². The molecule has 2 aromatic heterocycles. The van der Waals surface area contributed by atoms with Gasteiger partial charge in [-0.25, -0.2) is 23.1 Å². The van der Waals surface area contributed by atoms with Crippen LogP contribution in [-0.4, -0.2) is 30.4 Å². The van der Waals surface area contributed by atoms with Crippen molar-refractivity contribution >= 4 is 15.8 Å². The Morgan fingerprint density at radius 3 is 2.59 bits per heavy atom. The molecule has 0 aliphatic rings. The molecule has 7 nitrogen and oxygen atoms in total. The van der Waals surface area contributed by atoms with Crippen LogP contribution in [0.5, 0.6) is 0 Å². The van der Waals surface area contributed by atoms with Crippen molar-refractivity contribution in [1.82, 2.24) is 19.7 Å². The third-order valence-corrected chi connectivity index (χ3v) is 5.40. The van der Waals surface area contributed by atoms with E-state index in [1.165, 1.54) is 7.05 Å². The highest BCUT2D eigenvalue weighted by molar-refractivity contribution is 7.89. The number of benzene rings is 1. The summed E-state index contributed by atoms with van der Waals surface area (Å²) in [5, 5.41) is 3.25. The number of aromatic nitrogens is 3. The molecule has 27 heavy (non-hydrogen) atoms. The van der Waals surface area contributed by atoms with E-state index in [0.717, 1.165) is 17.7 Å². The van der Waals surface area contributed by atoms with Crippen molar-refractivity contribution in [2.45, 2.75) is 24.8 Å². The summed E-state index contributed by atoms with van der Waals surface area (Å²) in [5.74, 6) is 1.23. The van der Waals surface area contributed by atoms with Crippen molar-refractivity contribution in [3.8, 4) is 11.5 Å². The maximum Gasteiger partial charge on any atom is 0.240 e. The van der Waals surface area contributed by atoms with E-state index in [1.54, 1.807) is 24.4 Å². The van der Waals surface area contributed by atoms with Gasteiger partial charge in [-0.3, -0.25) is 4.98 Å². The summed E-state index contributed by atoms with van der Waals surface area (Å²) < 4.78 is 26.2. The molecule has 0 bridgehead atoms. The second-order valence-corrected chi connectivity index (χ2v) is 7.73. The average Bonchev–Trinajstić information content (AvgIpc) is 2.73. The topological polar surface area (TPSA) is 96.9 Å². The minimum Gasteiger partial charge on any atom is -0.366 e. The molecule has 140 valence electrons. The van der Waals surface area contributed by atoms with E-state index in [-0.39, 0.29) is 4.90 Å². The van der Waals surface area contributed by atoms with Crippen LogP contribution in [0.2, 0.25) is 0 Å². The summed E-state index contributed by atoms with van der Waals surface area (Å²) in [6, 6.07) is 14.3. The summed E-state index contributed by atoms with van der Waals surface area (Å²) >= 11 is 0. The molecule has 1 aromatic carbocycles. The SMILES string of the molecule is CCc1cc(NCc2cccc(S(=O)(=O)NC)c2)nc(-c2ccccn2)n1. The van der Waals surface area contributed by atoms with Gasteiger partial charge < -0.3 is 5.32 Å². The molecule has 3 rings (SSSR count). The second-order valence-electron chi connectivity index (χ2n) is 5.85. The lowest BCUT2D eigenvalue weighted by molar-refractivity contribution is 0.588. The van der Waals surface area contributed by atoms with Gasteiger partial charge in [-0.05, 0) is 43.3 Å². The summed E-state index contributed by atoms with van der Waals surface area (Å²) in [7, 11) is -2.07. The first-order chi connectivity index (χ1) is 13.0. The third kappa shape index (κ3) is 4.66. The number of anilines is 1. The Labute approximate surface area is 159 Å². The number of pyridine rings is 1. The molecule has 0 amide bonds. The number of sulfonamides is 1. The molecule has 2 heterocycles. The maximum atomic E-state index is 12.0. The highest BCUT2D eigenvalue weighted by Crippen LogP contribution is 2.17. The molecule has 0 spiro atoms. The van der Waals surface area contributed by atoms with Gasteiger partial charge in [0.1, 0.15) is 11.5 Å². The summed E-state index contributed by atoms with van der Waals surface area (Å²) in [6.07, 6.45) is 2.48. The zero-order valence-corrected chi connectivity index (χ0v) is 16.0. The van der Waals surface area contributed by atoms with Crippen molar-refractivity contribution in [2.24, 2.45) is 0 Å². The van der Waals surface area contributed by atoms with Crippen LogP contribution in [0.1, 0.15) is 18.2 Å². The second kappa shape index (κ2) is 8.24. The Hall–Kier alpha value is -2.84. The predicted molar refractivity (Wildman–Crippen MR) is 105 cm³/mol. The van der Waals surface area contributed by atoms with Crippen LogP contribution >= 0.6 is 0 Å². The van der Waals surface area contributed by atoms with Crippen molar-refractivity contribution in [3.63, 3.8) is 0 Å². The average molecular weight is 383 g/mol. The fourth-order valence-corrected chi connectivity index (χ4v) is 3.31. The van der Waals surface area contributed by atoms with Gasteiger partial charge in [-0.2, -0.15) is 0 Å². The lowest BCUT2D eigenvalue weighted by atomic mass is 10.2. The number of hydrogen-bond donors (Lipinski definition) is 2. The summed E-state index contributed by atoms with van der Waals surface area (Å²) in [4.78, 5) is 13.6. The Morgan fingerprint density at radius 1 is 1.04 bits per heavy atom. The molecule has 0 aliphatic carbocycles. The molecule has 3 aromatic rings. The van der Waals surface area contributed by atoms with Crippen molar-refractivity contribution in [3.05, 3.63) is 66.0 Å². The quantitative estimate of drug-likeness (QED) is 0.651. The smallest absolute Gasteiger partial charge is 0.240 e. The zero-order valence-electron chi connectivity index (χ0n) is 15.2. The number of rotatable bonds is 7. The normalized spacial score (nSPS) is 11.3. The molecule has 0 fully saturated rings. The molecule has 0 aliphatic heterocycles. The predicted octanol–water partition coefficient (Wildman–Crippen LogP) is 2.62. The first-order valence-electron chi connectivity index (χ1n) is 8.57. The first-order valence-corrected chi connectivity index (χ1v) is 10.1. The molecule has 8 heteroatoms. The Balaban J connectivity index is 1.83. The Bertz CT molecular complexity index is 1020. The highest BCUT2D eigenvalue weighted by atomic mass is 32.2. The van der Waals surface area contributed by atoms with Crippen molar-refractivity contribution in [1.29, 1.82) is 0 Å². The van der Waals surface area contributed by atoms with Crippen LogP contribution in [-0.2, 0) is 23.0 Å². The van der Waals surface area contributed by atoms with Gasteiger partial charge in [-0.1, -0.05) is 25.1 Å². The van der Waals surface area contributed by atoms with Gasteiger partial charge in [0.25, 0.3) is 0 Å². The van der Waals surface area contributed by atoms with Crippen LogP contribution in [0.15, 0.2) is 59.6 Å². The highest BCUT2D eigenvalue weighted by Gasteiger charge is 2.12. The number of hydrogen-bond acceptors (Lipinski definition) is 6. The zero-order chi connectivity index (χ0) is 19.3. The molecule has 0 unspecified atom stereocenters. The van der Waals surface area contributed by atoms with E-state index in [2.05, 4.69) is 25.0 Å². The molecule has 2 N–H and O–H groups in total. The molecule has 0 saturated carbocycles. The minimum atomic E-state index is -3.47. The van der Waals surface area contributed by atoms with E-state index >= 15 is 0 Å². The lowest BCUT2D eigenvalue weighted by Gasteiger charge is -2.10. The Kier molecular flexibility index (Phi) is 5.78. The van der Waals surface area contributed by atoms with Gasteiger partial charge in [0, 0.05) is 24.5 Å². The van der Waals surface area contributed by atoms with E-state index in [4.69, 9.17) is 0 Å². The summed E-state index contributed by atoms with van der Waals surface area (Å²) in [5.41, 5.74) is 2.44. The number of aryl methyl sites for hydroxylation is 1. The van der Waals surface area contributed by atoms with Crippen LogP contribution < -0.4 is 10.0 Å². The standard InChI is InChI=1S/C19H21N5O2S/c1-3-15-12-18(24-19(23-15)17-9-4-5-10-21-17)22-13-14-7-6-8-16(11-14)27(25,26)20-2/h4-12,20H,3,13H2,1-2H3,(H,22,23,24). The molecule has 0 atom stereocenters. The maximum absolute atomic E-state index is 12.0. The van der Waals surface area contributed by atoms with E-state index in [9.17, 15) is 8.42 Å². The van der Waals surface area contributed by atoms with Crippen LogP contribution in [0, 0.1) is 0 Å². The van der Waals surface area contributed by atoms with Crippen molar-refractivity contribution in [2.75, 3.05) is 12.4 Å². The van der Waals surface area contributed by atoms with Gasteiger partial charge in [0.05, 0.1) is 4.90 Å². The first kappa shape index (κ1) is 18.9. The molecule has 0 saturated heterocycles. The van der Waals surface area contributed by atoms with Crippen LogP contribution in [0.25, 0.3) is 11.5 Å². The fraction of sp³-hybridized carbons (Fsp3) is 0.211. The minimum absolute atomic E-state index is 0.232. The molecular weight excluding hydrogens is 362 g/mol. The molecular formula is C19H21N5O2S. The summed E-state index contributed by atoms with van der Waals surface area (Å²) in [6.45, 7) is 2.47. The monoisotopic (exact) mass is 383 g/mol. The van der Waals surface area contributed by atoms with E-state index in [1.807, 2.05) is 37.3 Å². The van der Waals surface area contributed by atoms with Crippen molar-refractivity contribution < 1.29 is 8.42 Å². The molecule has 0 radical (unpaired) electrons. The van der Waals surface area contributed by atoms with Gasteiger partial charge in [0.2, 0.25) is 10.0 Å². The van der Waals surface area contributed by atoms with Crippen LogP contribution in [0.3, 0.4) is 0 Å². The lowest BCUT2D eigenvalue weighted by Crippen LogP contribution is -2.18. The Morgan fingerprint density at radius 2 is 1.89 bits per heavy atom. The van der Waals surface area contributed by atoms with E-state index < -0.39 is 10.0 Å².